The molecule has 1 aromatic rings. The lowest BCUT2D eigenvalue weighted by Crippen LogP contribution is -2.39. The quantitative estimate of drug-likeness (QED) is 0.721. The molecule has 0 aliphatic carbocycles. The average Bonchev–Trinajstić information content (AvgIpc) is 2.39. The molecule has 2 atom stereocenters. The molecule has 0 aromatic heterocycles. The molecule has 0 aliphatic heterocycles. The summed E-state index contributed by atoms with van der Waals surface area (Å²) in [6.45, 7) is 5.20. The maximum atomic E-state index is 9.24. The molecule has 108 valence electrons. The van der Waals surface area contributed by atoms with Crippen LogP contribution in [0.15, 0.2) is 24.3 Å². The Morgan fingerprint density at radius 3 is 2.47 bits per heavy atom. The normalized spacial score (nSPS) is 14.3. The number of aromatic hydroxyl groups is 1. The summed E-state index contributed by atoms with van der Waals surface area (Å²) in [4.78, 5) is 0. The number of hydrogen-bond acceptors (Lipinski definition) is 3. The van der Waals surface area contributed by atoms with Gasteiger partial charge in [0, 0.05) is 19.2 Å². The minimum absolute atomic E-state index is 0.332. The SMILES string of the molecule is CCCC(COC)NC(C)CCc1ccc(O)cc1. The highest BCUT2D eigenvalue weighted by atomic mass is 16.5. The van der Waals surface area contributed by atoms with Crippen molar-refractivity contribution >= 4 is 0 Å². The van der Waals surface area contributed by atoms with Crippen molar-refractivity contribution < 1.29 is 9.84 Å². The van der Waals surface area contributed by atoms with Gasteiger partial charge >= 0.3 is 0 Å². The lowest BCUT2D eigenvalue weighted by molar-refractivity contribution is 0.156. The third-order valence-electron chi connectivity index (χ3n) is 3.33. The van der Waals surface area contributed by atoms with Gasteiger partial charge < -0.3 is 15.2 Å². The van der Waals surface area contributed by atoms with E-state index in [2.05, 4.69) is 19.2 Å². The molecule has 0 heterocycles. The van der Waals surface area contributed by atoms with Crippen LogP contribution >= 0.6 is 0 Å². The van der Waals surface area contributed by atoms with Crippen molar-refractivity contribution in [2.75, 3.05) is 13.7 Å². The van der Waals surface area contributed by atoms with E-state index in [4.69, 9.17) is 4.74 Å². The summed E-state index contributed by atoms with van der Waals surface area (Å²) in [6, 6.07) is 8.39. The Morgan fingerprint density at radius 2 is 1.89 bits per heavy atom. The predicted molar refractivity (Wildman–Crippen MR) is 79.6 cm³/mol. The van der Waals surface area contributed by atoms with Crippen LogP contribution in [0.4, 0.5) is 0 Å². The van der Waals surface area contributed by atoms with Crippen LogP contribution in [-0.2, 0) is 11.2 Å². The van der Waals surface area contributed by atoms with Crippen LogP contribution in [0.2, 0.25) is 0 Å². The van der Waals surface area contributed by atoms with E-state index < -0.39 is 0 Å². The molecule has 2 N–H and O–H groups in total. The highest BCUT2D eigenvalue weighted by Gasteiger charge is 2.11. The Bertz CT molecular complexity index is 331. The molecule has 1 rings (SSSR count). The van der Waals surface area contributed by atoms with E-state index in [-0.39, 0.29) is 0 Å². The predicted octanol–water partition coefficient (Wildman–Crippen LogP) is 3.12. The number of ether oxygens (including phenoxy) is 1. The Morgan fingerprint density at radius 1 is 1.21 bits per heavy atom. The number of hydrogen-bond donors (Lipinski definition) is 2. The second-order valence-electron chi connectivity index (χ2n) is 5.21. The number of phenolic OH excluding ortho intramolecular Hbond substituents is 1. The lowest BCUT2D eigenvalue weighted by atomic mass is 10.0. The molecule has 0 spiro atoms. The fourth-order valence-electron chi connectivity index (χ4n) is 2.30. The molecule has 0 aliphatic rings. The first-order chi connectivity index (χ1) is 9.15. The zero-order valence-electron chi connectivity index (χ0n) is 12.4. The van der Waals surface area contributed by atoms with Gasteiger partial charge in [0.15, 0.2) is 0 Å². The molecule has 0 radical (unpaired) electrons. The van der Waals surface area contributed by atoms with Gasteiger partial charge in [0.1, 0.15) is 5.75 Å². The van der Waals surface area contributed by atoms with Crippen LogP contribution in [0.3, 0.4) is 0 Å². The van der Waals surface area contributed by atoms with Crippen molar-refractivity contribution in [3.63, 3.8) is 0 Å². The van der Waals surface area contributed by atoms with Gasteiger partial charge in [-0.25, -0.2) is 0 Å². The fourth-order valence-corrected chi connectivity index (χ4v) is 2.30. The Hall–Kier alpha value is -1.06. The summed E-state index contributed by atoms with van der Waals surface area (Å²) in [7, 11) is 1.76. The van der Waals surface area contributed by atoms with E-state index in [1.165, 1.54) is 12.0 Å². The smallest absolute Gasteiger partial charge is 0.115 e. The number of rotatable bonds is 9. The van der Waals surface area contributed by atoms with E-state index in [9.17, 15) is 5.11 Å². The monoisotopic (exact) mass is 265 g/mol. The van der Waals surface area contributed by atoms with E-state index >= 15 is 0 Å². The van der Waals surface area contributed by atoms with Gasteiger partial charge in [-0.1, -0.05) is 25.5 Å². The molecule has 0 saturated carbocycles. The summed E-state index contributed by atoms with van der Waals surface area (Å²) in [5.41, 5.74) is 1.27. The van der Waals surface area contributed by atoms with E-state index in [1.54, 1.807) is 19.2 Å². The van der Waals surface area contributed by atoms with Crippen molar-refractivity contribution in [3.8, 4) is 5.75 Å². The van der Waals surface area contributed by atoms with Gasteiger partial charge in [-0.3, -0.25) is 0 Å². The van der Waals surface area contributed by atoms with Crippen molar-refractivity contribution in [1.82, 2.24) is 5.32 Å². The molecule has 0 saturated heterocycles. The van der Waals surface area contributed by atoms with Crippen LogP contribution in [0.1, 0.15) is 38.7 Å². The van der Waals surface area contributed by atoms with Gasteiger partial charge in [0.05, 0.1) is 6.61 Å². The second kappa shape index (κ2) is 8.94. The summed E-state index contributed by atoms with van der Waals surface area (Å²) in [5.74, 6) is 0.332. The first-order valence-electron chi connectivity index (χ1n) is 7.18. The van der Waals surface area contributed by atoms with E-state index in [0.717, 1.165) is 25.9 Å². The van der Waals surface area contributed by atoms with Crippen LogP contribution in [0, 0.1) is 0 Å². The molecule has 0 amide bonds. The van der Waals surface area contributed by atoms with Crippen molar-refractivity contribution in [2.45, 2.75) is 51.6 Å². The fraction of sp³-hybridized carbons (Fsp3) is 0.625. The number of benzene rings is 1. The number of methoxy groups -OCH3 is 1. The van der Waals surface area contributed by atoms with Gasteiger partial charge in [0.25, 0.3) is 0 Å². The third kappa shape index (κ3) is 6.60. The molecule has 1 aromatic carbocycles. The van der Waals surface area contributed by atoms with Gasteiger partial charge in [-0.05, 0) is 43.9 Å². The van der Waals surface area contributed by atoms with E-state index in [1.807, 2.05) is 12.1 Å². The van der Waals surface area contributed by atoms with Crippen LogP contribution < -0.4 is 5.32 Å². The lowest BCUT2D eigenvalue weighted by Gasteiger charge is -2.22. The Kier molecular flexibility index (Phi) is 7.53. The molecule has 3 nitrogen and oxygen atoms in total. The molecule has 3 heteroatoms. The first-order valence-corrected chi connectivity index (χ1v) is 7.18. The van der Waals surface area contributed by atoms with Crippen LogP contribution in [0.5, 0.6) is 5.75 Å². The van der Waals surface area contributed by atoms with Crippen molar-refractivity contribution in [3.05, 3.63) is 29.8 Å². The maximum Gasteiger partial charge on any atom is 0.115 e. The zero-order valence-corrected chi connectivity index (χ0v) is 12.4. The molecular weight excluding hydrogens is 238 g/mol. The van der Waals surface area contributed by atoms with Gasteiger partial charge in [0.2, 0.25) is 0 Å². The topological polar surface area (TPSA) is 41.5 Å². The number of nitrogens with one attached hydrogen (secondary N) is 1. The van der Waals surface area contributed by atoms with E-state index in [0.29, 0.717) is 17.8 Å². The van der Waals surface area contributed by atoms with Crippen LogP contribution in [-0.4, -0.2) is 30.9 Å². The second-order valence-corrected chi connectivity index (χ2v) is 5.21. The largest absolute Gasteiger partial charge is 0.508 e. The van der Waals surface area contributed by atoms with Crippen LogP contribution in [0.25, 0.3) is 0 Å². The van der Waals surface area contributed by atoms with Crippen molar-refractivity contribution in [2.24, 2.45) is 0 Å². The minimum Gasteiger partial charge on any atom is -0.508 e. The summed E-state index contributed by atoms with van der Waals surface area (Å²) >= 11 is 0. The molecule has 19 heavy (non-hydrogen) atoms. The first kappa shape index (κ1) is 16.0. The Labute approximate surface area is 117 Å². The summed E-state index contributed by atoms with van der Waals surface area (Å²) < 4.78 is 5.24. The maximum absolute atomic E-state index is 9.24. The number of phenols is 1. The van der Waals surface area contributed by atoms with Gasteiger partial charge in [-0.15, -0.1) is 0 Å². The van der Waals surface area contributed by atoms with Crippen molar-refractivity contribution in [1.29, 1.82) is 0 Å². The number of aryl methyl sites for hydroxylation is 1. The third-order valence-corrected chi connectivity index (χ3v) is 3.33. The Balaban J connectivity index is 2.33. The highest BCUT2D eigenvalue weighted by molar-refractivity contribution is 5.25. The zero-order chi connectivity index (χ0) is 14.1. The highest BCUT2D eigenvalue weighted by Crippen LogP contribution is 2.12. The molecule has 0 fully saturated rings. The summed E-state index contributed by atoms with van der Waals surface area (Å²) in [5, 5.41) is 12.9. The standard InChI is InChI=1S/C16H27NO2/c1-4-5-15(12-19-3)17-13(2)6-7-14-8-10-16(18)11-9-14/h8-11,13,15,17-18H,4-7,12H2,1-3H3. The molecule has 0 bridgehead atoms. The summed E-state index contributed by atoms with van der Waals surface area (Å²) in [6.07, 6.45) is 4.44. The average molecular weight is 265 g/mol. The molecule has 2 unspecified atom stereocenters. The van der Waals surface area contributed by atoms with Gasteiger partial charge in [-0.2, -0.15) is 0 Å². The molecular formula is C16H27NO2. The minimum atomic E-state index is 0.332.